The lowest BCUT2D eigenvalue weighted by molar-refractivity contribution is -0.123. The van der Waals surface area contributed by atoms with Crippen LogP contribution in [0.5, 0.6) is 0 Å². The van der Waals surface area contributed by atoms with E-state index in [1.165, 1.54) is 37.1 Å². The van der Waals surface area contributed by atoms with Gasteiger partial charge in [0.15, 0.2) is 0 Å². The van der Waals surface area contributed by atoms with E-state index in [-0.39, 0.29) is 17.4 Å². The Balaban J connectivity index is 1.65. The van der Waals surface area contributed by atoms with Crippen molar-refractivity contribution in [3.8, 4) is 0 Å². The lowest BCUT2D eigenvalue weighted by Gasteiger charge is -2.34. The molecule has 0 radical (unpaired) electrons. The molecular formula is C27H34F2N2O. The van der Waals surface area contributed by atoms with Crippen molar-refractivity contribution in [3.63, 3.8) is 0 Å². The number of hydrogen-bond donors (Lipinski definition) is 0. The Morgan fingerprint density at radius 2 is 1.09 bits per heavy atom. The van der Waals surface area contributed by atoms with Crippen LogP contribution >= 0.6 is 0 Å². The third kappa shape index (κ3) is 6.02. The fourth-order valence-electron chi connectivity index (χ4n) is 5.21. The first kappa shape index (κ1) is 23.1. The highest BCUT2D eigenvalue weighted by molar-refractivity contribution is 5.92. The molecule has 2 unspecified atom stereocenters. The Morgan fingerprint density at radius 3 is 1.47 bits per heavy atom. The van der Waals surface area contributed by atoms with Crippen molar-refractivity contribution in [1.29, 1.82) is 0 Å². The van der Waals surface area contributed by atoms with E-state index < -0.39 is 11.8 Å². The van der Waals surface area contributed by atoms with E-state index in [0.717, 1.165) is 63.0 Å². The van der Waals surface area contributed by atoms with E-state index in [1.54, 1.807) is 12.1 Å². The second-order valence-corrected chi connectivity index (χ2v) is 9.34. The first-order chi connectivity index (χ1) is 15.6. The van der Waals surface area contributed by atoms with Crippen molar-refractivity contribution in [2.75, 3.05) is 39.3 Å². The molecule has 0 spiro atoms. The summed E-state index contributed by atoms with van der Waals surface area (Å²) in [6.45, 7) is 5.06. The van der Waals surface area contributed by atoms with Crippen molar-refractivity contribution in [3.05, 3.63) is 71.3 Å². The topological polar surface area (TPSA) is 23.6 Å². The van der Waals surface area contributed by atoms with E-state index in [0.29, 0.717) is 13.1 Å². The lowest BCUT2D eigenvalue weighted by atomic mass is 9.82. The van der Waals surface area contributed by atoms with Gasteiger partial charge in [0, 0.05) is 13.1 Å². The van der Waals surface area contributed by atoms with Crippen molar-refractivity contribution in [2.45, 2.75) is 50.4 Å². The van der Waals surface area contributed by atoms with Crippen LogP contribution in [0, 0.1) is 11.6 Å². The molecule has 2 aliphatic rings. The number of benzene rings is 2. The molecule has 2 atom stereocenters. The van der Waals surface area contributed by atoms with E-state index in [1.807, 2.05) is 12.1 Å². The van der Waals surface area contributed by atoms with Gasteiger partial charge in [-0.25, -0.2) is 8.78 Å². The molecule has 3 nitrogen and oxygen atoms in total. The molecule has 32 heavy (non-hydrogen) atoms. The van der Waals surface area contributed by atoms with Crippen molar-refractivity contribution in [2.24, 2.45) is 0 Å². The normalized spacial score (nSPS) is 20.1. The Labute approximate surface area is 190 Å². The summed E-state index contributed by atoms with van der Waals surface area (Å²) in [7, 11) is 0. The van der Waals surface area contributed by atoms with E-state index in [9.17, 15) is 13.6 Å². The van der Waals surface area contributed by atoms with Gasteiger partial charge in [-0.1, -0.05) is 37.1 Å². The van der Waals surface area contributed by atoms with Gasteiger partial charge in [0.25, 0.3) is 0 Å². The van der Waals surface area contributed by atoms with Gasteiger partial charge in [-0.2, -0.15) is 0 Å². The van der Waals surface area contributed by atoms with Crippen molar-refractivity contribution < 1.29 is 13.6 Å². The number of carbonyl (C=O) groups is 1. The second-order valence-electron chi connectivity index (χ2n) is 9.34. The number of Topliss-reactive ketones (excluding diaryl/α,β-unsaturated/α-hetero) is 1. The maximum absolute atomic E-state index is 14.1. The first-order valence-corrected chi connectivity index (χ1v) is 12.1. The summed E-state index contributed by atoms with van der Waals surface area (Å²) in [4.78, 5) is 18.8. The molecule has 2 saturated heterocycles. The highest BCUT2D eigenvalue weighted by Gasteiger charge is 2.33. The van der Waals surface area contributed by atoms with Gasteiger partial charge >= 0.3 is 0 Å². The van der Waals surface area contributed by atoms with Crippen LogP contribution < -0.4 is 0 Å². The fraction of sp³-hybridized carbons (Fsp3) is 0.519. The van der Waals surface area contributed by atoms with Gasteiger partial charge < -0.3 is 9.80 Å². The molecule has 0 amide bonds. The minimum atomic E-state index is -0.429. The SMILES string of the molecule is O=C(C(CN1CCCCC1)c1cccc(F)c1)C(CN1CCCCC1)c1cccc(F)c1. The van der Waals surface area contributed by atoms with Gasteiger partial charge in [0.1, 0.15) is 17.4 Å². The average Bonchev–Trinajstić information content (AvgIpc) is 2.82. The van der Waals surface area contributed by atoms with Crippen molar-refractivity contribution >= 4 is 5.78 Å². The standard InChI is InChI=1S/C27H34F2N2O/c28-23-11-7-9-21(17-23)25(19-30-13-3-1-4-14-30)27(32)26(20-31-15-5-2-6-16-31)22-10-8-12-24(29)18-22/h7-12,17-18,25-26H,1-6,13-16,19-20H2. The Kier molecular flexibility index (Phi) is 8.04. The third-order valence-corrected chi connectivity index (χ3v) is 6.97. The number of nitrogens with zero attached hydrogens (tertiary/aromatic N) is 2. The smallest absolute Gasteiger partial charge is 0.150 e. The molecule has 0 aromatic heterocycles. The van der Waals surface area contributed by atoms with Gasteiger partial charge in [0.2, 0.25) is 0 Å². The molecule has 5 heteroatoms. The lowest BCUT2D eigenvalue weighted by Crippen LogP contribution is -2.40. The molecule has 2 aliphatic heterocycles. The maximum Gasteiger partial charge on any atom is 0.150 e. The third-order valence-electron chi connectivity index (χ3n) is 6.97. The van der Waals surface area contributed by atoms with Crippen LogP contribution in [0.25, 0.3) is 0 Å². The van der Waals surface area contributed by atoms with Crippen LogP contribution in [0.3, 0.4) is 0 Å². The van der Waals surface area contributed by atoms with E-state index in [2.05, 4.69) is 9.80 Å². The van der Waals surface area contributed by atoms with Crippen LogP contribution in [0.2, 0.25) is 0 Å². The summed E-state index contributed by atoms with van der Waals surface area (Å²) < 4.78 is 28.3. The van der Waals surface area contributed by atoms with Gasteiger partial charge in [-0.3, -0.25) is 4.79 Å². The molecule has 0 saturated carbocycles. The molecule has 2 heterocycles. The predicted octanol–water partition coefficient (Wildman–Crippen LogP) is 5.37. The highest BCUT2D eigenvalue weighted by atomic mass is 19.1. The van der Waals surface area contributed by atoms with Crippen LogP contribution in [-0.2, 0) is 4.79 Å². The number of carbonyl (C=O) groups excluding carboxylic acids is 1. The number of rotatable bonds is 8. The molecule has 2 fully saturated rings. The predicted molar refractivity (Wildman–Crippen MR) is 124 cm³/mol. The number of likely N-dealkylation sites (tertiary alicyclic amines) is 2. The quantitative estimate of drug-likeness (QED) is 0.551. The van der Waals surface area contributed by atoms with Crippen LogP contribution in [0.15, 0.2) is 48.5 Å². The highest BCUT2D eigenvalue weighted by Crippen LogP contribution is 2.31. The van der Waals surface area contributed by atoms with E-state index >= 15 is 0 Å². The van der Waals surface area contributed by atoms with Gasteiger partial charge in [-0.15, -0.1) is 0 Å². The largest absolute Gasteiger partial charge is 0.302 e. The zero-order valence-electron chi connectivity index (χ0n) is 18.8. The zero-order chi connectivity index (χ0) is 22.3. The molecule has 0 bridgehead atoms. The molecular weight excluding hydrogens is 406 g/mol. The number of halogens is 2. The van der Waals surface area contributed by atoms with Gasteiger partial charge in [-0.05, 0) is 87.3 Å². The average molecular weight is 441 g/mol. The summed E-state index contributed by atoms with van der Waals surface area (Å²) in [6, 6.07) is 12.9. The summed E-state index contributed by atoms with van der Waals surface area (Å²) in [5.74, 6) is -1.43. The van der Waals surface area contributed by atoms with E-state index in [4.69, 9.17) is 0 Å². The monoisotopic (exact) mass is 440 g/mol. The Bertz CT molecular complexity index is 819. The van der Waals surface area contributed by atoms with Gasteiger partial charge in [0.05, 0.1) is 11.8 Å². The molecule has 0 aliphatic carbocycles. The zero-order valence-corrected chi connectivity index (χ0v) is 18.8. The second kappa shape index (κ2) is 11.2. The molecule has 2 aromatic carbocycles. The molecule has 172 valence electrons. The summed E-state index contributed by atoms with van der Waals surface area (Å²) in [6.07, 6.45) is 6.96. The summed E-state index contributed by atoms with van der Waals surface area (Å²) in [5.41, 5.74) is 1.45. The minimum absolute atomic E-state index is 0.0670. The first-order valence-electron chi connectivity index (χ1n) is 12.1. The molecule has 2 aromatic rings. The summed E-state index contributed by atoms with van der Waals surface area (Å²) >= 11 is 0. The number of ketones is 1. The fourth-order valence-corrected chi connectivity index (χ4v) is 5.21. The minimum Gasteiger partial charge on any atom is -0.302 e. The number of hydrogen-bond acceptors (Lipinski definition) is 3. The van der Waals surface area contributed by atoms with Crippen molar-refractivity contribution in [1.82, 2.24) is 9.80 Å². The Morgan fingerprint density at radius 1 is 0.688 bits per heavy atom. The van der Waals surface area contributed by atoms with Crippen LogP contribution in [0.1, 0.15) is 61.5 Å². The maximum atomic E-state index is 14.1. The number of piperidine rings is 2. The van der Waals surface area contributed by atoms with Crippen LogP contribution in [-0.4, -0.2) is 54.9 Å². The Hall–Kier alpha value is -2.11. The van der Waals surface area contributed by atoms with Crippen LogP contribution in [0.4, 0.5) is 8.78 Å². The molecule has 0 N–H and O–H groups in total. The summed E-state index contributed by atoms with van der Waals surface area (Å²) in [5, 5.41) is 0. The molecule has 4 rings (SSSR count).